The summed E-state index contributed by atoms with van der Waals surface area (Å²) < 4.78 is 0. The molecule has 5 nitrogen and oxygen atoms in total. The molecule has 0 bridgehead atoms. The summed E-state index contributed by atoms with van der Waals surface area (Å²) in [6.07, 6.45) is 2.80. The van der Waals surface area contributed by atoms with Crippen molar-refractivity contribution in [3.8, 4) is 0 Å². The summed E-state index contributed by atoms with van der Waals surface area (Å²) in [6, 6.07) is -0.644. The number of carboxylic acids is 1. The highest BCUT2D eigenvalue weighted by atomic mass is 16.4. The summed E-state index contributed by atoms with van der Waals surface area (Å²) in [6.45, 7) is 3.55. The van der Waals surface area contributed by atoms with E-state index in [2.05, 4.69) is 0 Å². The Morgan fingerprint density at radius 1 is 1.40 bits per heavy atom. The predicted octanol–water partition coefficient (Wildman–Crippen LogP) is -0.0872. The van der Waals surface area contributed by atoms with Gasteiger partial charge in [-0.15, -0.1) is 0 Å². The van der Waals surface area contributed by atoms with Crippen molar-refractivity contribution in [2.45, 2.75) is 51.3 Å². The van der Waals surface area contributed by atoms with Gasteiger partial charge in [-0.25, -0.2) is 0 Å². The second kappa shape index (κ2) is 6.76. The van der Waals surface area contributed by atoms with E-state index in [1.165, 1.54) is 0 Å². The number of aliphatic hydroxyl groups is 1. The van der Waals surface area contributed by atoms with E-state index in [1.54, 1.807) is 13.8 Å². The van der Waals surface area contributed by atoms with Gasteiger partial charge in [-0.1, -0.05) is 13.8 Å². The lowest BCUT2D eigenvalue weighted by Gasteiger charge is -2.07. The van der Waals surface area contributed by atoms with Crippen LogP contribution in [-0.2, 0) is 4.79 Å². The molecule has 1 aliphatic carbocycles. The largest absolute Gasteiger partial charge is 0.480 e. The molecule has 0 heterocycles. The van der Waals surface area contributed by atoms with Gasteiger partial charge in [0.2, 0.25) is 0 Å². The third-order valence-corrected chi connectivity index (χ3v) is 2.53. The van der Waals surface area contributed by atoms with E-state index < -0.39 is 12.0 Å². The van der Waals surface area contributed by atoms with Crippen molar-refractivity contribution in [1.29, 1.82) is 0 Å². The molecule has 1 rings (SSSR count). The maximum atomic E-state index is 10.0. The number of aliphatic hydroxyl groups excluding tert-OH is 1. The van der Waals surface area contributed by atoms with Gasteiger partial charge in [-0.2, -0.15) is 0 Å². The van der Waals surface area contributed by atoms with Crippen LogP contribution in [-0.4, -0.2) is 34.4 Å². The lowest BCUT2D eigenvalue weighted by Crippen LogP contribution is -2.34. The van der Waals surface area contributed by atoms with Crippen LogP contribution in [0.15, 0.2) is 0 Å². The zero-order valence-corrected chi connectivity index (χ0v) is 9.39. The third-order valence-electron chi connectivity index (χ3n) is 2.53. The fourth-order valence-electron chi connectivity index (χ4n) is 1.25. The minimum Gasteiger partial charge on any atom is -0.480 e. The minimum atomic E-state index is -0.931. The Morgan fingerprint density at radius 2 is 1.93 bits per heavy atom. The van der Waals surface area contributed by atoms with E-state index in [-0.39, 0.29) is 18.1 Å². The second-order valence-electron chi connectivity index (χ2n) is 4.27. The van der Waals surface area contributed by atoms with Gasteiger partial charge in [0.25, 0.3) is 0 Å². The average Bonchev–Trinajstić information content (AvgIpc) is 2.50. The van der Waals surface area contributed by atoms with Crippen molar-refractivity contribution >= 4 is 5.97 Å². The molecule has 5 heteroatoms. The molecule has 1 saturated carbocycles. The molecule has 2 unspecified atom stereocenters. The quantitative estimate of drug-likeness (QED) is 0.518. The number of rotatable bonds is 2. The van der Waals surface area contributed by atoms with E-state index in [4.69, 9.17) is 21.7 Å². The number of nitrogens with two attached hydrogens (primary N) is 2. The highest BCUT2D eigenvalue weighted by molar-refractivity contribution is 5.73. The van der Waals surface area contributed by atoms with Crippen LogP contribution in [0.5, 0.6) is 0 Å². The maximum Gasteiger partial charge on any atom is 0.320 e. The Bertz CT molecular complexity index is 189. The van der Waals surface area contributed by atoms with Crippen LogP contribution < -0.4 is 11.5 Å². The van der Waals surface area contributed by atoms with E-state index in [1.807, 2.05) is 0 Å². The topological polar surface area (TPSA) is 110 Å². The summed E-state index contributed by atoms with van der Waals surface area (Å²) in [4.78, 5) is 10.0. The molecule has 0 radical (unpaired) electrons. The summed E-state index contributed by atoms with van der Waals surface area (Å²) in [5.74, 6) is -0.910. The first-order chi connectivity index (χ1) is 6.86. The highest BCUT2D eigenvalue weighted by Gasteiger charge is 2.20. The number of carbonyl (C=O) groups is 1. The van der Waals surface area contributed by atoms with E-state index in [0.29, 0.717) is 0 Å². The van der Waals surface area contributed by atoms with Crippen LogP contribution in [0.2, 0.25) is 0 Å². The molecule has 15 heavy (non-hydrogen) atoms. The first kappa shape index (κ1) is 14.3. The number of hydrogen-bond donors (Lipinski definition) is 4. The Labute approximate surface area is 90.5 Å². The van der Waals surface area contributed by atoms with Gasteiger partial charge >= 0.3 is 5.97 Å². The Balaban J connectivity index is 0.000000262. The van der Waals surface area contributed by atoms with Crippen LogP contribution in [0.1, 0.15) is 33.1 Å². The molecule has 0 aromatic rings. The van der Waals surface area contributed by atoms with Gasteiger partial charge in [0.1, 0.15) is 6.04 Å². The average molecular weight is 218 g/mol. The lowest BCUT2D eigenvalue weighted by atomic mass is 10.1. The number of carboxylic acid groups (broad SMARTS) is 1. The first-order valence-corrected chi connectivity index (χ1v) is 5.28. The molecular weight excluding hydrogens is 196 g/mol. The molecule has 3 atom stereocenters. The molecule has 0 aliphatic heterocycles. The molecule has 1 fully saturated rings. The minimum absolute atomic E-state index is 0.0208. The van der Waals surface area contributed by atoms with Crippen molar-refractivity contribution < 1.29 is 15.0 Å². The van der Waals surface area contributed by atoms with Crippen molar-refractivity contribution in [2.24, 2.45) is 17.4 Å². The molecule has 0 aromatic heterocycles. The second-order valence-corrected chi connectivity index (χ2v) is 4.27. The van der Waals surface area contributed by atoms with E-state index in [9.17, 15) is 4.79 Å². The Kier molecular flexibility index (Phi) is 6.47. The fourth-order valence-corrected chi connectivity index (χ4v) is 1.25. The van der Waals surface area contributed by atoms with Crippen LogP contribution in [0.3, 0.4) is 0 Å². The molecule has 0 amide bonds. The van der Waals surface area contributed by atoms with Crippen molar-refractivity contribution in [3.05, 3.63) is 0 Å². The molecule has 1 aliphatic rings. The zero-order chi connectivity index (χ0) is 12.0. The first-order valence-electron chi connectivity index (χ1n) is 5.28. The number of aliphatic carboxylic acids is 1. The van der Waals surface area contributed by atoms with Gasteiger partial charge < -0.3 is 21.7 Å². The Hall–Kier alpha value is -0.650. The van der Waals surface area contributed by atoms with Crippen LogP contribution >= 0.6 is 0 Å². The molecule has 0 aromatic carbocycles. The van der Waals surface area contributed by atoms with Gasteiger partial charge in [0, 0.05) is 6.04 Å². The summed E-state index contributed by atoms with van der Waals surface area (Å²) in [7, 11) is 0. The van der Waals surface area contributed by atoms with Crippen molar-refractivity contribution in [1.82, 2.24) is 0 Å². The Morgan fingerprint density at radius 3 is 2.00 bits per heavy atom. The van der Waals surface area contributed by atoms with Crippen LogP contribution in [0.4, 0.5) is 0 Å². The summed E-state index contributed by atoms with van der Waals surface area (Å²) in [5, 5.41) is 17.1. The summed E-state index contributed by atoms with van der Waals surface area (Å²) in [5.41, 5.74) is 10.6. The smallest absolute Gasteiger partial charge is 0.320 e. The van der Waals surface area contributed by atoms with Crippen molar-refractivity contribution in [3.63, 3.8) is 0 Å². The maximum absolute atomic E-state index is 10.0. The van der Waals surface area contributed by atoms with Gasteiger partial charge in [-0.3, -0.25) is 4.79 Å². The SMILES string of the molecule is CC(C)[C@H](N)C(=O)O.NC1CCCC1O. The summed E-state index contributed by atoms with van der Waals surface area (Å²) >= 11 is 0. The molecule has 0 spiro atoms. The number of hydrogen-bond acceptors (Lipinski definition) is 4. The predicted molar refractivity (Wildman–Crippen MR) is 58.3 cm³/mol. The monoisotopic (exact) mass is 218 g/mol. The molecule has 0 saturated heterocycles. The van der Waals surface area contributed by atoms with Gasteiger partial charge in [0.05, 0.1) is 6.10 Å². The molecule has 90 valence electrons. The standard InChI is InChI=1S/C5H11NO2.C5H11NO/c1-3(2)4(6)5(7)8;6-4-2-1-3-5(4)7/h3-4H,6H2,1-2H3,(H,7,8);4-5,7H,1-3,6H2/t4-;/m0./s1. The van der Waals surface area contributed by atoms with E-state index >= 15 is 0 Å². The third kappa shape index (κ3) is 5.71. The van der Waals surface area contributed by atoms with Crippen LogP contribution in [0, 0.1) is 5.92 Å². The zero-order valence-electron chi connectivity index (χ0n) is 9.39. The molecular formula is C10H22N2O3. The fraction of sp³-hybridized carbons (Fsp3) is 0.900. The van der Waals surface area contributed by atoms with Crippen LogP contribution in [0.25, 0.3) is 0 Å². The highest BCUT2D eigenvalue weighted by Crippen LogP contribution is 2.15. The van der Waals surface area contributed by atoms with Crippen molar-refractivity contribution in [2.75, 3.05) is 0 Å². The van der Waals surface area contributed by atoms with Gasteiger partial charge in [0.15, 0.2) is 0 Å². The molecule has 6 N–H and O–H groups in total. The van der Waals surface area contributed by atoms with E-state index in [0.717, 1.165) is 19.3 Å². The lowest BCUT2D eigenvalue weighted by molar-refractivity contribution is -0.139. The normalized spacial score (nSPS) is 27.1. The van der Waals surface area contributed by atoms with Gasteiger partial charge in [-0.05, 0) is 25.2 Å².